The van der Waals surface area contributed by atoms with Gasteiger partial charge in [-0.3, -0.25) is 4.57 Å². The average molecular weight is 260 g/mol. The summed E-state index contributed by atoms with van der Waals surface area (Å²) in [4.78, 5) is 20.2. The van der Waals surface area contributed by atoms with Crippen LogP contribution in [0.3, 0.4) is 0 Å². The number of aromatic nitrogens is 3. The molecule has 1 aliphatic carbocycles. The third kappa shape index (κ3) is 2.83. The molecule has 6 heteroatoms. The molecule has 0 spiro atoms. The molecule has 1 N–H and O–H groups in total. The van der Waals surface area contributed by atoms with Crippen LogP contribution < -0.4 is 5.32 Å². The Kier molecular flexibility index (Phi) is 3.06. The van der Waals surface area contributed by atoms with Gasteiger partial charge >= 0.3 is 6.03 Å². The van der Waals surface area contributed by atoms with E-state index in [0.29, 0.717) is 17.3 Å². The zero-order valence-electron chi connectivity index (χ0n) is 10.8. The fourth-order valence-corrected chi connectivity index (χ4v) is 1.93. The summed E-state index contributed by atoms with van der Waals surface area (Å²) < 4.78 is 6.56. The highest BCUT2D eigenvalue weighted by molar-refractivity contribution is 5.77. The standard InChI is InChI=1S/C13H16N4O2/c1-9-16-12(7-19-9)11-6-17(8-15-11)13(18)14-5-4-10-2-3-10/h6-8,10H,2-5H2,1H3,(H,14,18). The lowest BCUT2D eigenvalue weighted by atomic mass is 10.3. The number of rotatable bonds is 4. The van der Waals surface area contributed by atoms with Crippen LogP contribution in [-0.4, -0.2) is 27.1 Å². The van der Waals surface area contributed by atoms with Crippen molar-refractivity contribution in [2.24, 2.45) is 5.92 Å². The van der Waals surface area contributed by atoms with Gasteiger partial charge in [-0.1, -0.05) is 12.8 Å². The van der Waals surface area contributed by atoms with Crippen LogP contribution in [0.4, 0.5) is 4.79 Å². The number of aryl methyl sites for hydroxylation is 1. The molecule has 0 aliphatic heterocycles. The predicted octanol–water partition coefficient (Wildman–Crippen LogP) is 2.20. The number of oxazole rings is 1. The van der Waals surface area contributed by atoms with Crippen molar-refractivity contribution in [2.45, 2.75) is 26.2 Å². The Morgan fingerprint density at radius 2 is 2.37 bits per heavy atom. The first-order chi connectivity index (χ1) is 9.22. The molecule has 0 atom stereocenters. The molecule has 2 aromatic rings. The molecule has 0 bridgehead atoms. The topological polar surface area (TPSA) is 73.0 Å². The number of amides is 1. The van der Waals surface area contributed by atoms with E-state index in [1.165, 1.54) is 30.0 Å². The molecule has 6 nitrogen and oxygen atoms in total. The Morgan fingerprint density at radius 1 is 1.53 bits per heavy atom. The molecule has 100 valence electrons. The Morgan fingerprint density at radius 3 is 3.05 bits per heavy atom. The molecule has 1 aliphatic rings. The largest absolute Gasteiger partial charge is 0.449 e. The van der Waals surface area contributed by atoms with Gasteiger partial charge in [-0.05, 0) is 12.3 Å². The van der Waals surface area contributed by atoms with E-state index in [-0.39, 0.29) is 6.03 Å². The number of nitrogens with zero attached hydrogens (tertiary/aromatic N) is 3. The van der Waals surface area contributed by atoms with Crippen LogP contribution in [0, 0.1) is 12.8 Å². The summed E-state index contributed by atoms with van der Waals surface area (Å²) in [6.45, 7) is 2.49. The van der Waals surface area contributed by atoms with Crippen LogP contribution in [0.1, 0.15) is 25.2 Å². The third-order valence-corrected chi connectivity index (χ3v) is 3.22. The van der Waals surface area contributed by atoms with Crippen molar-refractivity contribution in [2.75, 3.05) is 6.54 Å². The molecular weight excluding hydrogens is 244 g/mol. The van der Waals surface area contributed by atoms with E-state index >= 15 is 0 Å². The van der Waals surface area contributed by atoms with Crippen LogP contribution in [0.5, 0.6) is 0 Å². The van der Waals surface area contributed by atoms with Crippen molar-refractivity contribution in [3.05, 3.63) is 24.7 Å². The highest BCUT2D eigenvalue weighted by Crippen LogP contribution is 2.31. The second-order valence-corrected chi connectivity index (χ2v) is 4.88. The number of nitrogens with one attached hydrogen (secondary N) is 1. The van der Waals surface area contributed by atoms with Gasteiger partial charge in [-0.2, -0.15) is 0 Å². The van der Waals surface area contributed by atoms with Gasteiger partial charge in [0.05, 0.1) is 0 Å². The highest BCUT2D eigenvalue weighted by atomic mass is 16.3. The molecule has 1 amide bonds. The maximum absolute atomic E-state index is 11.9. The zero-order valence-corrected chi connectivity index (χ0v) is 10.8. The Bertz CT molecular complexity index is 583. The van der Waals surface area contributed by atoms with Gasteiger partial charge < -0.3 is 9.73 Å². The molecule has 1 fully saturated rings. The SMILES string of the molecule is Cc1nc(-c2cn(C(=O)NCCC3CC3)cn2)co1. The molecule has 19 heavy (non-hydrogen) atoms. The normalized spacial score (nSPS) is 14.6. The minimum Gasteiger partial charge on any atom is -0.449 e. The Hall–Kier alpha value is -2.11. The lowest BCUT2D eigenvalue weighted by molar-refractivity contribution is 0.242. The van der Waals surface area contributed by atoms with E-state index in [9.17, 15) is 4.79 Å². The Labute approximate surface area is 110 Å². The highest BCUT2D eigenvalue weighted by Gasteiger charge is 2.20. The van der Waals surface area contributed by atoms with E-state index in [4.69, 9.17) is 4.42 Å². The lowest BCUT2D eigenvalue weighted by Crippen LogP contribution is -2.28. The van der Waals surface area contributed by atoms with Crippen molar-refractivity contribution in [3.63, 3.8) is 0 Å². The number of hydrogen-bond acceptors (Lipinski definition) is 4. The van der Waals surface area contributed by atoms with E-state index in [0.717, 1.165) is 18.9 Å². The summed E-state index contributed by atoms with van der Waals surface area (Å²) in [7, 11) is 0. The van der Waals surface area contributed by atoms with Gasteiger partial charge in [0.2, 0.25) is 0 Å². The third-order valence-electron chi connectivity index (χ3n) is 3.22. The summed E-state index contributed by atoms with van der Waals surface area (Å²) in [6, 6.07) is -0.153. The molecule has 0 aromatic carbocycles. The summed E-state index contributed by atoms with van der Waals surface area (Å²) in [5.41, 5.74) is 1.27. The molecule has 1 saturated carbocycles. The molecule has 0 saturated heterocycles. The summed E-state index contributed by atoms with van der Waals surface area (Å²) >= 11 is 0. The zero-order chi connectivity index (χ0) is 13.2. The van der Waals surface area contributed by atoms with Crippen molar-refractivity contribution in [1.82, 2.24) is 19.9 Å². The van der Waals surface area contributed by atoms with Crippen molar-refractivity contribution < 1.29 is 9.21 Å². The quantitative estimate of drug-likeness (QED) is 0.914. The van der Waals surface area contributed by atoms with Gasteiger partial charge in [-0.15, -0.1) is 0 Å². The lowest BCUT2D eigenvalue weighted by Gasteiger charge is -2.03. The summed E-state index contributed by atoms with van der Waals surface area (Å²) in [5.74, 6) is 1.40. The number of carbonyl (C=O) groups is 1. The van der Waals surface area contributed by atoms with Crippen LogP contribution in [0.15, 0.2) is 23.2 Å². The predicted molar refractivity (Wildman–Crippen MR) is 68.6 cm³/mol. The van der Waals surface area contributed by atoms with E-state index in [2.05, 4.69) is 15.3 Å². The summed E-state index contributed by atoms with van der Waals surface area (Å²) in [5, 5.41) is 2.88. The van der Waals surface area contributed by atoms with Gasteiger partial charge in [0, 0.05) is 19.7 Å². The van der Waals surface area contributed by atoms with E-state index < -0.39 is 0 Å². The minimum atomic E-state index is -0.153. The molecule has 2 aromatic heterocycles. The van der Waals surface area contributed by atoms with Gasteiger partial charge in [0.1, 0.15) is 24.0 Å². The maximum atomic E-state index is 11.9. The van der Waals surface area contributed by atoms with Crippen LogP contribution in [0.25, 0.3) is 11.4 Å². The smallest absolute Gasteiger partial charge is 0.326 e. The second kappa shape index (κ2) is 4.87. The molecular formula is C13H16N4O2. The van der Waals surface area contributed by atoms with Gasteiger partial charge in [0.15, 0.2) is 5.89 Å². The fraction of sp³-hybridized carbons (Fsp3) is 0.462. The van der Waals surface area contributed by atoms with E-state index in [1.807, 2.05) is 0 Å². The summed E-state index contributed by atoms with van der Waals surface area (Å²) in [6.07, 6.45) is 8.35. The molecule has 0 unspecified atom stereocenters. The van der Waals surface area contributed by atoms with E-state index in [1.54, 1.807) is 13.1 Å². The number of imidazole rings is 1. The average Bonchev–Trinajstić information content (AvgIpc) is 2.91. The number of hydrogen-bond donors (Lipinski definition) is 1. The van der Waals surface area contributed by atoms with Crippen molar-refractivity contribution in [1.29, 1.82) is 0 Å². The van der Waals surface area contributed by atoms with Crippen molar-refractivity contribution in [3.8, 4) is 11.4 Å². The first-order valence-electron chi connectivity index (χ1n) is 6.47. The van der Waals surface area contributed by atoms with Crippen molar-refractivity contribution >= 4 is 6.03 Å². The first kappa shape index (κ1) is 12.0. The molecule has 3 rings (SSSR count). The van der Waals surface area contributed by atoms with Crippen LogP contribution in [0.2, 0.25) is 0 Å². The van der Waals surface area contributed by atoms with Crippen LogP contribution >= 0.6 is 0 Å². The first-order valence-corrected chi connectivity index (χ1v) is 6.47. The van der Waals surface area contributed by atoms with Gasteiger partial charge in [-0.25, -0.2) is 14.8 Å². The number of carbonyl (C=O) groups excluding carboxylic acids is 1. The Balaban J connectivity index is 1.61. The monoisotopic (exact) mass is 260 g/mol. The maximum Gasteiger partial charge on any atom is 0.326 e. The van der Waals surface area contributed by atoms with Crippen LogP contribution in [-0.2, 0) is 0 Å². The molecule has 2 heterocycles. The molecule has 0 radical (unpaired) electrons. The fourth-order valence-electron chi connectivity index (χ4n) is 1.93. The van der Waals surface area contributed by atoms with Gasteiger partial charge in [0.25, 0.3) is 0 Å². The minimum absolute atomic E-state index is 0.153. The second-order valence-electron chi connectivity index (χ2n) is 4.88.